The number of carbonyl (C=O) groups is 1. The van der Waals surface area contributed by atoms with Gasteiger partial charge in [0.2, 0.25) is 5.91 Å². The minimum atomic E-state index is -0.179. The third kappa shape index (κ3) is 7.60. The van der Waals surface area contributed by atoms with Crippen LogP contribution in [0.25, 0.3) is 0 Å². The number of amides is 1. The zero-order chi connectivity index (χ0) is 20.5. The van der Waals surface area contributed by atoms with E-state index >= 15 is 0 Å². The molecule has 3 rings (SSSR count). The summed E-state index contributed by atoms with van der Waals surface area (Å²) in [5.74, 6) is 0.578. The number of hydrogen-bond acceptors (Lipinski definition) is 3. The van der Waals surface area contributed by atoms with Crippen LogP contribution in [-0.4, -0.2) is 36.9 Å². The molecule has 0 spiro atoms. The molecular formula is C23H32IN5O. The molecule has 2 aromatic carbocycles. The molecule has 1 atom stereocenters. The van der Waals surface area contributed by atoms with E-state index in [-0.39, 0.29) is 35.8 Å². The largest absolute Gasteiger partial charge is 0.369 e. The smallest absolute Gasteiger partial charge is 0.221 e. The number of nitrogens with two attached hydrogens (primary N) is 1. The van der Waals surface area contributed by atoms with Gasteiger partial charge in [0.05, 0.1) is 5.92 Å². The highest BCUT2D eigenvalue weighted by Gasteiger charge is 2.23. The van der Waals surface area contributed by atoms with Crippen molar-refractivity contribution in [3.8, 4) is 0 Å². The number of nitrogens with zero attached hydrogens (tertiary/aromatic N) is 2. The quantitative estimate of drug-likeness (QED) is 0.298. The van der Waals surface area contributed by atoms with Crippen molar-refractivity contribution in [3.05, 3.63) is 71.3 Å². The Kier molecular flexibility index (Phi) is 10.1. The first-order valence-corrected chi connectivity index (χ1v) is 10.2. The summed E-state index contributed by atoms with van der Waals surface area (Å²) >= 11 is 0. The van der Waals surface area contributed by atoms with Crippen molar-refractivity contribution < 1.29 is 4.79 Å². The summed E-state index contributed by atoms with van der Waals surface area (Å²) in [5.41, 5.74) is 9.17. The molecule has 1 saturated heterocycles. The van der Waals surface area contributed by atoms with Crippen LogP contribution in [0.1, 0.15) is 29.5 Å². The van der Waals surface area contributed by atoms with Crippen molar-refractivity contribution >= 4 is 35.8 Å². The number of primary amides is 1. The zero-order valence-electron chi connectivity index (χ0n) is 17.5. The first-order valence-electron chi connectivity index (χ1n) is 10.2. The Hall–Kier alpha value is -2.13. The van der Waals surface area contributed by atoms with Crippen molar-refractivity contribution in [2.45, 2.75) is 32.5 Å². The Morgan fingerprint density at radius 2 is 1.73 bits per heavy atom. The molecule has 0 radical (unpaired) electrons. The monoisotopic (exact) mass is 521 g/mol. The normalized spacial score (nSPS) is 17.1. The van der Waals surface area contributed by atoms with Gasteiger partial charge in [-0.3, -0.25) is 14.7 Å². The molecule has 1 heterocycles. The second-order valence-corrected chi connectivity index (χ2v) is 7.56. The van der Waals surface area contributed by atoms with E-state index in [0.717, 1.165) is 45.0 Å². The Morgan fingerprint density at radius 3 is 2.43 bits per heavy atom. The SMILES string of the molecule is CN=C(NCc1ccccc1)NCc1cccc(CN2CCCC(C(N)=O)C2)c1.I. The second kappa shape index (κ2) is 12.5. The molecule has 162 valence electrons. The van der Waals surface area contributed by atoms with Crippen LogP contribution >= 0.6 is 24.0 Å². The summed E-state index contributed by atoms with van der Waals surface area (Å²) < 4.78 is 0. The van der Waals surface area contributed by atoms with Crippen LogP contribution in [0.15, 0.2) is 59.6 Å². The topological polar surface area (TPSA) is 82.8 Å². The third-order valence-electron chi connectivity index (χ3n) is 5.29. The number of aliphatic imine (C=N–C) groups is 1. The molecule has 1 unspecified atom stereocenters. The molecule has 0 saturated carbocycles. The summed E-state index contributed by atoms with van der Waals surface area (Å²) in [4.78, 5) is 18.1. The maximum absolute atomic E-state index is 11.5. The minimum Gasteiger partial charge on any atom is -0.369 e. The highest BCUT2D eigenvalue weighted by atomic mass is 127. The van der Waals surface area contributed by atoms with Crippen molar-refractivity contribution in [3.63, 3.8) is 0 Å². The van der Waals surface area contributed by atoms with Gasteiger partial charge < -0.3 is 16.4 Å². The summed E-state index contributed by atoms with van der Waals surface area (Å²) in [6, 6.07) is 18.8. The lowest BCUT2D eigenvalue weighted by molar-refractivity contribution is -0.123. The van der Waals surface area contributed by atoms with Gasteiger partial charge in [0.1, 0.15) is 0 Å². The van der Waals surface area contributed by atoms with Crippen LogP contribution in [0.4, 0.5) is 0 Å². The van der Waals surface area contributed by atoms with Crippen molar-refractivity contribution in [2.24, 2.45) is 16.6 Å². The van der Waals surface area contributed by atoms with E-state index in [1.807, 2.05) is 18.2 Å². The third-order valence-corrected chi connectivity index (χ3v) is 5.29. The molecule has 4 N–H and O–H groups in total. The van der Waals surface area contributed by atoms with Crippen LogP contribution in [0.2, 0.25) is 0 Å². The second-order valence-electron chi connectivity index (χ2n) is 7.56. The fraction of sp³-hybridized carbons (Fsp3) is 0.391. The van der Waals surface area contributed by atoms with E-state index in [2.05, 4.69) is 56.9 Å². The molecule has 1 amide bonds. The number of nitrogens with one attached hydrogen (secondary N) is 2. The van der Waals surface area contributed by atoms with Crippen LogP contribution in [-0.2, 0) is 24.4 Å². The van der Waals surface area contributed by atoms with Gasteiger partial charge in [-0.25, -0.2) is 0 Å². The lowest BCUT2D eigenvalue weighted by Gasteiger charge is -2.31. The van der Waals surface area contributed by atoms with E-state index in [4.69, 9.17) is 5.73 Å². The van der Waals surface area contributed by atoms with Gasteiger partial charge in [-0.15, -0.1) is 24.0 Å². The van der Waals surface area contributed by atoms with E-state index in [0.29, 0.717) is 6.54 Å². The van der Waals surface area contributed by atoms with Gasteiger partial charge >= 0.3 is 0 Å². The van der Waals surface area contributed by atoms with E-state index in [1.165, 1.54) is 16.7 Å². The van der Waals surface area contributed by atoms with Crippen molar-refractivity contribution in [1.82, 2.24) is 15.5 Å². The number of carbonyl (C=O) groups excluding carboxylic acids is 1. The Balaban J connectivity index is 0.00000320. The number of likely N-dealkylation sites (tertiary alicyclic amines) is 1. The average Bonchev–Trinajstić information content (AvgIpc) is 2.75. The average molecular weight is 521 g/mol. The number of hydrogen-bond donors (Lipinski definition) is 3. The number of piperidine rings is 1. The van der Waals surface area contributed by atoms with E-state index < -0.39 is 0 Å². The molecule has 0 aromatic heterocycles. The maximum atomic E-state index is 11.5. The number of benzene rings is 2. The van der Waals surface area contributed by atoms with Crippen LogP contribution in [0.3, 0.4) is 0 Å². The molecule has 7 heteroatoms. The molecule has 6 nitrogen and oxygen atoms in total. The summed E-state index contributed by atoms with van der Waals surface area (Å²) in [5, 5.41) is 6.71. The van der Waals surface area contributed by atoms with Gasteiger partial charge in [-0.05, 0) is 36.1 Å². The van der Waals surface area contributed by atoms with Crippen LogP contribution in [0, 0.1) is 5.92 Å². The van der Waals surface area contributed by atoms with Gasteiger partial charge in [0, 0.05) is 33.2 Å². The van der Waals surface area contributed by atoms with Gasteiger partial charge in [0.25, 0.3) is 0 Å². The molecule has 1 aliphatic heterocycles. The van der Waals surface area contributed by atoms with Crippen molar-refractivity contribution in [1.29, 1.82) is 0 Å². The standard InChI is InChI=1S/C23H31N5O.HI/c1-25-23(26-14-18-7-3-2-4-8-18)27-15-19-9-5-10-20(13-19)16-28-12-6-11-21(17-28)22(24)29;/h2-5,7-10,13,21H,6,11-12,14-17H2,1H3,(H2,24,29)(H2,25,26,27);1H. The van der Waals surface area contributed by atoms with E-state index in [9.17, 15) is 4.79 Å². The van der Waals surface area contributed by atoms with E-state index in [1.54, 1.807) is 7.05 Å². The number of rotatable bonds is 7. The van der Waals surface area contributed by atoms with Gasteiger partial charge in [-0.1, -0.05) is 54.6 Å². The van der Waals surface area contributed by atoms with Crippen molar-refractivity contribution in [2.75, 3.05) is 20.1 Å². The predicted molar refractivity (Wildman–Crippen MR) is 133 cm³/mol. The molecule has 1 fully saturated rings. The van der Waals surface area contributed by atoms with Crippen LogP contribution in [0.5, 0.6) is 0 Å². The summed E-state index contributed by atoms with van der Waals surface area (Å²) in [7, 11) is 1.78. The van der Waals surface area contributed by atoms with Crippen LogP contribution < -0.4 is 16.4 Å². The number of guanidine groups is 1. The lowest BCUT2D eigenvalue weighted by atomic mass is 9.97. The fourth-order valence-electron chi connectivity index (χ4n) is 3.72. The predicted octanol–water partition coefficient (Wildman–Crippen LogP) is 2.87. The number of halogens is 1. The molecule has 0 bridgehead atoms. The lowest BCUT2D eigenvalue weighted by Crippen LogP contribution is -2.40. The molecular weight excluding hydrogens is 489 g/mol. The Morgan fingerprint density at radius 1 is 1.07 bits per heavy atom. The first-order chi connectivity index (χ1) is 14.1. The molecule has 1 aliphatic rings. The fourth-order valence-corrected chi connectivity index (χ4v) is 3.72. The Bertz CT molecular complexity index is 827. The Labute approximate surface area is 196 Å². The first kappa shape index (κ1) is 24.1. The summed E-state index contributed by atoms with van der Waals surface area (Å²) in [6.45, 7) is 4.05. The minimum absolute atomic E-state index is 0. The highest BCUT2D eigenvalue weighted by molar-refractivity contribution is 14.0. The summed E-state index contributed by atoms with van der Waals surface area (Å²) in [6.07, 6.45) is 1.93. The molecule has 30 heavy (non-hydrogen) atoms. The maximum Gasteiger partial charge on any atom is 0.221 e. The van der Waals surface area contributed by atoms with Gasteiger partial charge in [0.15, 0.2) is 5.96 Å². The zero-order valence-corrected chi connectivity index (χ0v) is 19.8. The molecule has 2 aromatic rings. The highest BCUT2D eigenvalue weighted by Crippen LogP contribution is 2.18. The van der Waals surface area contributed by atoms with Gasteiger partial charge in [-0.2, -0.15) is 0 Å². The molecule has 0 aliphatic carbocycles.